The summed E-state index contributed by atoms with van der Waals surface area (Å²) in [5.74, 6) is -0.534. The highest BCUT2D eigenvalue weighted by atomic mass is 35.5. The number of rotatable bonds is 6. The summed E-state index contributed by atoms with van der Waals surface area (Å²) in [5.41, 5.74) is 0.0121. The van der Waals surface area contributed by atoms with Crippen LogP contribution in [0.5, 0.6) is 0 Å². The molecule has 1 amide bonds. The van der Waals surface area contributed by atoms with Crippen LogP contribution in [0.25, 0.3) is 5.57 Å². The van der Waals surface area contributed by atoms with Crippen molar-refractivity contribution in [1.29, 1.82) is 0 Å². The lowest BCUT2D eigenvalue weighted by Crippen LogP contribution is -2.46. The number of hydrogen-bond acceptors (Lipinski definition) is 4. The average Bonchev–Trinajstić information content (AvgIpc) is 3.14. The molecule has 8 heteroatoms. The number of anilines is 1. The Kier molecular flexibility index (Phi) is 6.54. The van der Waals surface area contributed by atoms with Crippen LogP contribution < -0.4 is 10.6 Å². The molecular weight excluding hydrogens is 469 g/mol. The molecule has 1 aliphatic heterocycles. The molecule has 0 saturated heterocycles. The zero-order valence-electron chi connectivity index (χ0n) is 21.1. The van der Waals surface area contributed by atoms with Crippen molar-refractivity contribution in [1.82, 2.24) is 10.3 Å². The lowest BCUT2D eigenvalue weighted by molar-refractivity contribution is -0.126. The van der Waals surface area contributed by atoms with E-state index in [9.17, 15) is 4.79 Å². The zero-order valence-corrected chi connectivity index (χ0v) is 22.9. The Morgan fingerprint density at radius 2 is 2.09 bits per heavy atom. The SMILES string of the molecule is CNC(=O)C1C=CC=C(c2cnc3c(c2Cl)C2(CCC2)CN3)C1(F)CCO[Si](C)(C)C(C)(C)C. The first-order chi connectivity index (χ1) is 15.9. The number of aromatic nitrogens is 1. The molecule has 3 aliphatic rings. The number of fused-ring (bicyclic) bond motifs is 2. The third kappa shape index (κ3) is 4.03. The second-order valence-electron chi connectivity index (χ2n) is 11.5. The van der Waals surface area contributed by atoms with Gasteiger partial charge in [-0.3, -0.25) is 4.79 Å². The summed E-state index contributed by atoms with van der Waals surface area (Å²) in [5, 5.41) is 6.58. The molecule has 0 radical (unpaired) electrons. The van der Waals surface area contributed by atoms with E-state index in [0.717, 1.165) is 37.2 Å². The van der Waals surface area contributed by atoms with Crippen LogP contribution in [0.1, 0.15) is 57.6 Å². The van der Waals surface area contributed by atoms with Crippen molar-refractivity contribution >= 4 is 37.2 Å². The number of nitrogens with zero attached hydrogens (tertiary/aromatic N) is 1. The van der Waals surface area contributed by atoms with Crippen LogP contribution in [-0.2, 0) is 14.6 Å². The average molecular weight is 506 g/mol. The Balaban J connectivity index is 1.71. The maximum absolute atomic E-state index is 17.2. The summed E-state index contributed by atoms with van der Waals surface area (Å²) in [7, 11) is -0.535. The highest BCUT2D eigenvalue weighted by molar-refractivity contribution is 6.74. The van der Waals surface area contributed by atoms with Gasteiger partial charge in [0.2, 0.25) is 5.91 Å². The molecule has 2 heterocycles. The second-order valence-corrected chi connectivity index (χ2v) is 16.7. The van der Waals surface area contributed by atoms with Gasteiger partial charge in [0.1, 0.15) is 5.82 Å². The van der Waals surface area contributed by atoms with E-state index in [4.69, 9.17) is 16.0 Å². The van der Waals surface area contributed by atoms with Crippen molar-refractivity contribution in [3.63, 3.8) is 0 Å². The molecule has 2 N–H and O–H groups in total. The molecule has 1 saturated carbocycles. The molecule has 1 fully saturated rings. The molecule has 4 rings (SSSR count). The number of allylic oxidation sites excluding steroid dienone is 3. The predicted molar refractivity (Wildman–Crippen MR) is 140 cm³/mol. The molecule has 2 unspecified atom stereocenters. The maximum atomic E-state index is 17.2. The minimum atomic E-state index is -2.07. The number of alkyl halides is 1. The fraction of sp³-hybridized carbons (Fsp3) is 0.615. The van der Waals surface area contributed by atoms with Crippen LogP contribution in [0.4, 0.5) is 10.2 Å². The van der Waals surface area contributed by atoms with E-state index in [0.29, 0.717) is 16.2 Å². The lowest BCUT2D eigenvalue weighted by atomic mass is 9.65. The number of carbonyl (C=O) groups excluding carboxylic acids is 1. The van der Waals surface area contributed by atoms with Gasteiger partial charge >= 0.3 is 0 Å². The highest BCUT2D eigenvalue weighted by Gasteiger charge is 2.50. The first-order valence-corrected chi connectivity index (χ1v) is 15.5. The van der Waals surface area contributed by atoms with Gasteiger partial charge in [0.15, 0.2) is 14.0 Å². The first kappa shape index (κ1) is 25.4. The molecule has 0 aromatic carbocycles. The molecule has 34 heavy (non-hydrogen) atoms. The van der Waals surface area contributed by atoms with E-state index < -0.39 is 19.9 Å². The quantitative estimate of drug-likeness (QED) is 0.464. The number of pyridine rings is 1. The van der Waals surface area contributed by atoms with Gasteiger partial charge in [-0.2, -0.15) is 0 Å². The minimum Gasteiger partial charge on any atom is -0.417 e. The van der Waals surface area contributed by atoms with Crippen LogP contribution in [0.15, 0.2) is 24.4 Å². The molecule has 1 aromatic rings. The molecule has 186 valence electrons. The van der Waals surface area contributed by atoms with Gasteiger partial charge in [-0.1, -0.05) is 57.0 Å². The molecule has 0 bridgehead atoms. The highest BCUT2D eigenvalue weighted by Crippen LogP contribution is 2.55. The molecular formula is C26H37ClFN3O2Si. The van der Waals surface area contributed by atoms with E-state index in [1.165, 1.54) is 7.05 Å². The fourth-order valence-electron chi connectivity index (χ4n) is 5.11. The standard InChI is InChI=1S/C26H37ClFN3O2Si/c1-24(2,3)34(5,6)33-14-13-26(28)18(9-7-10-19(26)23(32)29-4)17-15-30-22-20(21(17)27)25(16-31-22)11-8-12-25/h7,9-10,15,19H,8,11-14,16H2,1-6H3,(H,29,32)(H,30,31). The molecule has 1 aromatic heterocycles. The number of carbonyl (C=O) groups is 1. The minimum absolute atomic E-state index is 0.00883. The maximum Gasteiger partial charge on any atom is 0.230 e. The Morgan fingerprint density at radius 3 is 2.68 bits per heavy atom. The topological polar surface area (TPSA) is 63.2 Å². The van der Waals surface area contributed by atoms with E-state index in [1.807, 2.05) is 0 Å². The fourth-order valence-corrected chi connectivity index (χ4v) is 6.60. The molecule has 2 atom stereocenters. The van der Waals surface area contributed by atoms with E-state index in [-0.39, 0.29) is 29.4 Å². The summed E-state index contributed by atoms with van der Waals surface area (Å²) in [6, 6.07) is 0. The number of amides is 1. The first-order valence-electron chi connectivity index (χ1n) is 12.2. The summed E-state index contributed by atoms with van der Waals surface area (Å²) in [6.45, 7) is 11.8. The van der Waals surface area contributed by atoms with E-state index in [1.54, 1.807) is 24.4 Å². The van der Waals surface area contributed by atoms with E-state index in [2.05, 4.69) is 49.5 Å². The normalized spacial score (nSPS) is 25.4. The summed E-state index contributed by atoms with van der Waals surface area (Å²) in [6.07, 6.45) is 10.1. The summed E-state index contributed by atoms with van der Waals surface area (Å²) < 4.78 is 23.5. The van der Waals surface area contributed by atoms with Crippen LogP contribution >= 0.6 is 11.6 Å². The smallest absolute Gasteiger partial charge is 0.230 e. The van der Waals surface area contributed by atoms with Gasteiger partial charge in [0.05, 0.1) is 10.9 Å². The van der Waals surface area contributed by atoms with Gasteiger partial charge in [-0.05, 0) is 31.0 Å². The van der Waals surface area contributed by atoms with E-state index >= 15 is 4.39 Å². The van der Waals surface area contributed by atoms with Crippen LogP contribution in [0.3, 0.4) is 0 Å². The van der Waals surface area contributed by atoms with Crippen LogP contribution in [0, 0.1) is 5.92 Å². The van der Waals surface area contributed by atoms with Gasteiger partial charge in [0, 0.05) is 54.9 Å². The third-order valence-corrected chi connectivity index (χ3v) is 13.4. The Labute approximate surface area is 208 Å². The van der Waals surface area contributed by atoms with Crippen molar-refractivity contribution in [3.8, 4) is 0 Å². The zero-order chi connectivity index (χ0) is 24.9. The van der Waals surface area contributed by atoms with Crippen molar-refractivity contribution in [3.05, 3.63) is 40.6 Å². The second kappa shape index (κ2) is 8.75. The summed E-state index contributed by atoms with van der Waals surface area (Å²) >= 11 is 7.00. The molecule has 1 spiro atoms. The summed E-state index contributed by atoms with van der Waals surface area (Å²) in [4.78, 5) is 17.4. The predicted octanol–water partition coefficient (Wildman–Crippen LogP) is 6.02. The van der Waals surface area contributed by atoms with Gasteiger partial charge < -0.3 is 15.1 Å². The number of hydrogen-bond donors (Lipinski definition) is 2. The molecule has 5 nitrogen and oxygen atoms in total. The molecule has 2 aliphatic carbocycles. The van der Waals surface area contributed by atoms with Crippen molar-refractivity contribution < 1.29 is 13.6 Å². The van der Waals surface area contributed by atoms with Gasteiger partial charge in [-0.25, -0.2) is 9.37 Å². The van der Waals surface area contributed by atoms with Crippen molar-refractivity contribution in [2.45, 2.75) is 75.7 Å². The van der Waals surface area contributed by atoms with Crippen molar-refractivity contribution in [2.75, 3.05) is 25.5 Å². The van der Waals surface area contributed by atoms with Crippen molar-refractivity contribution in [2.24, 2.45) is 5.92 Å². The van der Waals surface area contributed by atoms with Crippen LogP contribution in [0.2, 0.25) is 23.2 Å². The van der Waals surface area contributed by atoms with Crippen LogP contribution in [-0.4, -0.2) is 45.1 Å². The lowest BCUT2D eigenvalue weighted by Gasteiger charge is -2.40. The Bertz CT molecular complexity index is 1050. The van der Waals surface area contributed by atoms with Gasteiger partial charge in [0.25, 0.3) is 0 Å². The third-order valence-electron chi connectivity index (χ3n) is 8.51. The number of halogens is 2. The monoisotopic (exact) mass is 505 g/mol. The Hall–Kier alpha value is -1.70. The van der Waals surface area contributed by atoms with Gasteiger partial charge in [-0.15, -0.1) is 0 Å². The number of nitrogens with one attached hydrogen (secondary N) is 2. The largest absolute Gasteiger partial charge is 0.417 e. The Morgan fingerprint density at radius 1 is 1.38 bits per heavy atom.